The highest BCUT2D eigenvalue weighted by Gasteiger charge is 2.29. The van der Waals surface area contributed by atoms with Crippen LogP contribution < -0.4 is 14.2 Å². The van der Waals surface area contributed by atoms with Crippen molar-refractivity contribution in [2.75, 3.05) is 26.9 Å². The highest BCUT2D eigenvalue weighted by Crippen LogP contribution is 2.40. The average molecular weight is 346 g/mol. The number of nitrogens with zero attached hydrogens (tertiary/aromatic N) is 2. The second kappa shape index (κ2) is 6.99. The Labute approximate surface area is 146 Å². The van der Waals surface area contributed by atoms with E-state index in [4.69, 9.17) is 14.2 Å². The molecule has 2 aliphatic rings. The second-order valence-electron chi connectivity index (χ2n) is 6.16. The third-order valence-electron chi connectivity index (χ3n) is 4.62. The molecule has 1 aromatic carbocycles. The van der Waals surface area contributed by atoms with Crippen LogP contribution in [0.15, 0.2) is 23.7 Å². The average Bonchev–Trinajstić information content (AvgIpc) is 3.22. The lowest BCUT2D eigenvalue weighted by Gasteiger charge is -2.24. The number of likely N-dealkylation sites (tertiary alicyclic amines) is 1. The Morgan fingerprint density at radius 2 is 2.08 bits per heavy atom. The molecule has 0 radical (unpaired) electrons. The van der Waals surface area contributed by atoms with Gasteiger partial charge in [0.05, 0.1) is 26.4 Å². The molecule has 2 aromatic rings. The summed E-state index contributed by atoms with van der Waals surface area (Å²) in [5.74, 6) is 2.48. The summed E-state index contributed by atoms with van der Waals surface area (Å²) in [6, 6.07) is 4.45. The highest BCUT2D eigenvalue weighted by molar-refractivity contribution is 7.09. The van der Waals surface area contributed by atoms with Crippen molar-refractivity contribution in [1.82, 2.24) is 9.88 Å². The normalized spacial score (nSPS) is 20.8. The summed E-state index contributed by atoms with van der Waals surface area (Å²) in [6.45, 7) is 3.31. The van der Waals surface area contributed by atoms with Crippen LogP contribution in [-0.2, 0) is 6.54 Å². The van der Waals surface area contributed by atoms with Gasteiger partial charge in [-0.25, -0.2) is 4.98 Å². The van der Waals surface area contributed by atoms with Crippen molar-refractivity contribution in [1.29, 1.82) is 0 Å². The van der Waals surface area contributed by atoms with E-state index in [1.54, 1.807) is 18.4 Å². The lowest BCUT2D eigenvalue weighted by Crippen LogP contribution is -2.23. The first-order chi connectivity index (χ1) is 11.8. The first kappa shape index (κ1) is 15.7. The van der Waals surface area contributed by atoms with Crippen molar-refractivity contribution in [2.45, 2.75) is 31.8 Å². The Morgan fingerprint density at radius 1 is 1.25 bits per heavy atom. The maximum absolute atomic E-state index is 5.84. The molecular formula is C18H22N2O3S. The number of hydrogen-bond acceptors (Lipinski definition) is 6. The second-order valence-corrected chi connectivity index (χ2v) is 7.09. The van der Waals surface area contributed by atoms with E-state index in [1.165, 1.54) is 17.8 Å². The summed E-state index contributed by atoms with van der Waals surface area (Å²) in [5, 5.41) is 3.26. The Balaban J connectivity index is 1.60. The summed E-state index contributed by atoms with van der Waals surface area (Å²) in [5.41, 5.74) is 1.14. The van der Waals surface area contributed by atoms with Crippen LogP contribution >= 0.6 is 11.3 Å². The van der Waals surface area contributed by atoms with Crippen molar-refractivity contribution >= 4 is 11.3 Å². The van der Waals surface area contributed by atoms with Crippen molar-refractivity contribution in [3.05, 3.63) is 34.3 Å². The van der Waals surface area contributed by atoms with Gasteiger partial charge in [0, 0.05) is 36.2 Å². The number of fused-ring (bicyclic) bond motifs is 1. The minimum absolute atomic E-state index is 0.408. The molecule has 1 atom stereocenters. The minimum atomic E-state index is 0.408. The first-order valence-corrected chi connectivity index (χ1v) is 9.33. The van der Waals surface area contributed by atoms with Crippen LogP contribution in [-0.4, -0.2) is 36.8 Å². The van der Waals surface area contributed by atoms with Crippen LogP contribution in [0.5, 0.6) is 17.2 Å². The van der Waals surface area contributed by atoms with E-state index in [0.717, 1.165) is 42.3 Å². The fourth-order valence-corrected chi connectivity index (χ4v) is 4.27. The molecule has 1 saturated heterocycles. The van der Waals surface area contributed by atoms with Crippen LogP contribution in [0.1, 0.15) is 35.9 Å². The molecule has 0 aliphatic carbocycles. The summed E-state index contributed by atoms with van der Waals surface area (Å²) in [6.07, 6.45) is 5.17. The van der Waals surface area contributed by atoms with E-state index >= 15 is 0 Å². The molecule has 6 heteroatoms. The number of benzene rings is 1. The molecule has 1 aromatic heterocycles. The van der Waals surface area contributed by atoms with Gasteiger partial charge in [0.2, 0.25) is 0 Å². The zero-order valence-electron chi connectivity index (χ0n) is 13.9. The standard InChI is InChI=1S/C18H22N2O3S/c1-21-15-11-17-16(22-7-3-8-23-17)10-13(15)12-20-6-2-4-14(20)18-19-5-9-24-18/h5,9-11,14H,2-4,6-8,12H2,1H3. The number of rotatable bonds is 4. The predicted molar refractivity (Wildman–Crippen MR) is 93.1 cm³/mol. The minimum Gasteiger partial charge on any atom is -0.496 e. The van der Waals surface area contributed by atoms with Gasteiger partial charge >= 0.3 is 0 Å². The zero-order valence-corrected chi connectivity index (χ0v) is 14.7. The largest absolute Gasteiger partial charge is 0.496 e. The highest BCUT2D eigenvalue weighted by atomic mass is 32.1. The molecule has 5 nitrogen and oxygen atoms in total. The van der Waals surface area contributed by atoms with E-state index in [2.05, 4.69) is 21.3 Å². The van der Waals surface area contributed by atoms with Gasteiger partial charge in [0.1, 0.15) is 10.8 Å². The van der Waals surface area contributed by atoms with Crippen LogP contribution in [0.2, 0.25) is 0 Å². The van der Waals surface area contributed by atoms with E-state index in [0.29, 0.717) is 19.3 Å². The molecule has 24 heavy (non-hydrogen) atoms. The number of methoxy groups -OCH3 is 1. The molecule has 0 amide bonds. The van der Waals surface area contributed by atoms with Gasteiger partial charge < -0.3 is 14.2 Å². The maximum atomic E-state index is 5.84. The van der Waals surface area contributed by atoms with Gasteiger partial charge in [-0.1, -0.05) is 0 Å². The van der Waals surface area contributed by atoms with Gasteiger partial charge in [0.25, 0.3) is 0 Å². The van der Waals surface area contributed by atoms with Crippen molar-refractivity contribution in [3.8, 4) is 17.2 Å². The van der Waals surface area contributed by atoms with Crippen LogP contribution in [0.25, 0.3) is 0 Å². The Morgan fingerprint density at radius 3 is 2.83 bits per heavy atom. The molecule has 4 rings (SSSR count). The number of aromatic nitrogens is 1. The monoisotopic (exact) mass is 346 g/mol. The summed E-state index contributed by atoms with van der Waals surface area (Å²) in [7, 11) is 1.71. The lowest BCUT2D eigenvalue weighted by atomic mass is 10.1. The van der Waals surface area contributed by atoms with E-state index in [-0.39, 0.29) is 0 Å². The summed E-state index contributed by atoms with van der Waals surface area (Å²) >= 11 is 1.74. The molecule has 0 bridgehead atoms. The molecule has 1 unspecified atom stereocenters. The Kier molecular flexibility index (Phi) is 4.58. The number of ether oxygens (including phenoxy) is 3. The van der Waals surface area contributed by atoms with Crippen molar-refractivity contribution in [3.63, 3.8) is 0 Å². The molecular weight excluding hydrogens is 324 g/mol. The number of thiazole rings is 1. The Hall–Kier alpha value is -1.79. The van der Waals surface area contributed by atoms with Crippen molar-refractivity contribution < 1.29 is 14.2 Å². The molecule has 0 spiro atoms. The molecule has 2 aliphatic heterocycles. The molecule has 128 valence electrons. The predicted octanol–water partition coefficient (Wildman–Crippen LogP) is 3.65. The molecule has 3 heterocycles. The Bertz CT molecular complexity index is 690. The topological polar surface area (TPSA) is 43.8 Å². The summed E-state index contributed by atoms with van der Waals surface area (Å²) < 4.78 is 17.2. The third kappa shape index (κ3) is 3.08. The van der Waals surface area contributed by atoms with Gasteiger partial charge in [-0.05, 0) is 25.5 Å². The van der Waals surface area contributed by atoms with Gasteiger partial charge in [0.15, 0.2) is 11.5 Å². The van der Waals surface area contributed by atoms with Gasteiger partial charge in [-0.3, -0.25) is 4.90 Å². The number of hydrogen-bond donors (Lipinski definition) is 0. The van der Waals surface area contributed by atoms with Gasteiger partial charge in [-0.2, -0.15) is 0 Å². The lowest BCUT2D eigenvalue weighted by molar-refractivity contribution is 0.243. The maximum Gasteiger partial charge on any atom is 0.164 e. The smallest absolute Gasteiger partial charge is 0.164 e. The third-order valence-corrected chi connectivity index (χ3v) is 5.50. The van der Waals surface area contributed by atoms with Crippen LogP contribution in [0, 0.1) is 0 Å². The first-order valence-electron chi connectivity index (χ1n) is 8.45. The fraction of sp³-hybridized carbons (Fsp3) is 0.500. The van der Waals surface area contributed by atoms with E-state index < -0.39 is 0 Å². The zero-order chi connectivity index (χ0) is 16.4. The van der Waals surface area contributed by atoms with Gasteiger partial charge in [-0.15, -0.1) is 11.3 Å². The van der Waals surface area contributed by atoms with Crippen LogP contribution in [0.3, 0.4) is 0 Å². The molecule has 0 saturated carbocycles. The molecule has 1 fully saturated rings. The fourth-order valence-electron chi connectivity index (χ4n) is 3.46. The van der Waals surface area contributed by atoms with E-state index in [1.807, 2.05) is 12.3 Å². The quantitative estimate of drug-likeness (QED) is 0.845. The van der Waals surface area contributed by atoms with Crippen LogP contribution in [0.4, 0.5) is 0 Å². The van der Waals surface area contributed by atoms with Crippen molar-refractivity contribution in [2.24, 2.45) is 0 Å². The molecule has 0 N–H and O–H groups in total. The summed E-state index contributed by atoms with van der Waals surface area (Å²) in [4.78, 5) is 7.00. The van der Waals surface area contributed by atoms with E-state index in [9.17, 15) is 0 Å². The SMILES string of the molecule is COc1cc2c(cc1CN1CCCC1c1nccs1)OCCCO2.